The van der Waals surface area contributed by atoms with Crippen molar-refractivity contribution in [2.24, 2.45) is 0 Å². The van der Waals surface area contributed by atoms with Crippen molar-refractivity contribution in [3.8, 4) is 10.6 Å². The molecule has 3 rings (SSSR count). The minimum absolute atomic E-state index is 0.212. The molecule has 0 fully saturated rings. The average Bonchev–Trinajstić information content (AvgIpc) is 3.16. The summed E-state index contributed by atoms with van der Waals surface area (Å²) in [6.07, 6.45) is 0. The molecule has 0 unspecified atom stereocenters. The van der Waals surface area contributed by atoms with E-state index in [9.17, 15) is 9.59 Å². The number of halogens is 1. The van der Waals surface area contributed by atoms with Crippen molar-refractivity contribution < 1.29 is 9.59 Å². The van der Waals surface area contributed by atoms with Crippen LogP contribution in [0.5, 0.6) is 0 Å². The van der Waals surface area contributed by atoms with Crippen LogP contribution in [0.3, 0.4) is 0 Å². The number of thiazole rings is 1. The Hall–Kier alpha value is -2.70. The number of benzene rings is 2. The van der Waals surface area contributed by atoms with Crippen molar-refractivity contribution in [1.82, 2.24) is 15.6 Å². The molecule has 0 saturated heterocycles. The second kappa shape index (κ2) is 8.79. The Labute approximate surface area is 166 Å². The van der Waals surface area contributed by atoms with Crippen molar-refractivity contribution in [3.63, 3.8) is 0 Å². The second-order valence-corrected chi connectivity index (χ2v) is 7.22. The maximum atomic E-state index is 12.2. The summed E-state index contributed by atoms with van der Waals surface area (Å²) < 4.78 is 0. The van der Waals surface area contributed by atoms with Crippen LogP contribution in [-0.4, -0.2) is 29.9 Å². The Morgan fingerprint density at radius 2 is 1.59 bits per heavy atom. The fourth-order valence-corrected chi connectivity index (χ4v) is 3.28. The van der Waals surface area contributed by atoms with Crippen LogP contribution in [0.2, 0.25) is 5.02 Å². The summed E-state index contributed by atoms with van der Waals surface area (Å²) in [6, 6.07) is 14.6. The number of hydrogen-bond acceptors (Lipinski definition) is 4. The standard InChI is InChI=1S/C20H18ClN3O2S/c1-13-2-4-15(5-3-13)20-24-17(12-27-20)19(26)23-11-10-22-18(25)14-6-8-16(21)9-7-14/h2-9,12H,10-11H2,1H3,(H,22,25)(H,23,26). The third-order valence-electron chi connectivity index (χ3n) is 3.84. The molecule has 0 bridgehead atoms. The van der Waals surface area contributed by atoms with Gasteiger partial charge in [0, 0.05) is 34.6 Å². The molecule has 0 saturated carbocycles. The number of carbonyl (C=O) groups excluding carboxylic acids is 2. The predicted octanol–water partition coefficient (Wildman–Crippen LogP) is 3.93. The van der Waals surface area contributed by atoms with Crippen molar-refractivity contribution in [2.45, 2.75) is 6.92 Å². The molecule has 1 aromatic heterocycles. The quantitative estimate of drug-likeness (QED) is 0.617. The average molecular weight is 400 g/mol. The highest BCUT2D eigenvalue weighted by atomic mass is 35.5. The molecular weight excluding hydrogens is 382 g/mol. The summed E-state index contributed by atoms with van der Waals surface area (Å²) in [6.45, 7) is 2.66. The minimum Gasteiger partial charge on any atom is -0.350 e. The predicted molar refractivity (Wildman–Crippen MR) is 108 cm³/mol. The van der Waals surface area contributed by atoms with Gasteiger partial charge in [-0.1, -0.05) is 41.4 Å². The highest BCUT2D eigenvalue weighted by molar-refractivity contribution is 7.13. The van der Waals surface area contributed by atoms with E-state index in [1.165, 1.54) is 16.9 Å². The Morgan fingerprint density at radius 3 is 2.26 bits per heavy atom. The normalized spacial score (nSPS) is 10.4. The fraction of sp³-hybridized carbons (Fsp3) is 0.150. The molecule has 0 atom stereocenters. The van der Waals surface area contributed by atoms with Crippen LogP contribution < -0.4 is 10.6 Å². The Morgan fingerprint density at radius 1 is 0.963 bits per heavy atom. The van der Waals surface area contributed by atoms with E-state index >= 15 is 0 Å². The third kappa shape index (κ3) is 5.15. The zero-order valence-corrected chi connectivity index (χ0v) is 16.2. The Kier molecular flexibility index (Phi) is 6.21. The van der Waals surface area contributed by atoms with E-state index in [0.717, 1.165) is 10.6 Å². The topological polar surface area (TPSA) is 71.1 Å². The van der Waals surface area contributed by atoms with Gasteiger partial charge in [-0.3, -0.25) is 9.59 Å². The summed E-state index contributed by atoms with van der Waals surface area (Å²) in [5, 5.41) is 8.62. The zero-order valence-electron chi connectivity index (χ0n) is 14.7. The van der Waals surface area contributed by atoms with Gasteiger partial charge >= 0.3 is 0 Å². The molecule has 0 spiro atoms. The molecular formula is C20H18ClN3O2S. The molecule has 3 aromatic rings. The number of nitrogens with one attached hydrogen (secondary N) is 2. The molecule has 0 aliphatic heterocycles. The number of aromatic nitrogens is 1. The van der Waals surface area contributed by atoms with Gasteiger partial charge in [0.2, 0.25) is 0 Å². The molecule has 27 heavy (non-hydrogen) atoms. The van der Waals surface area contributed by atoms with Crippen LogP contribution in [0, 0.1) is 6.92 Å². The van der Waals surface area contributed by atoms with Crippen LogP contribution in [0.1, 0.15) is 26.4 Å². The number of nitrogens with zero attached hydrogens (tertiary/aromatic N) is 1. The maximum absolute atomic E-state index is 12.2. The van der Waals surface area contributed by atoms with Crippen molar-refractivity contribution in [3.05, 3.63) is 75.8 Å². The number of amides is 2. The first-order valence-electron chi connectivity index (χ1n) is 8.37. The molecule has 5 nitrogen and oxygen atoms in total. The van der Waals surface area contributed by atoms with Crippen LogP contribution >= 0.6 is 22.9 Å². The lowest BCUT2D eigenvalue weighted by molar-refractivity contribution is 0.0925. The van der Waals surface area contributed by atoms with E-state index in [1.54, 1.807) is 29.6 Å². The summed E-state index contributed by atoms with van der Waals surface area (Å²) in [5.74, 6) is -0.471. The highest BCUT2D eigenvalue weighted by Gasteiger charge is 2.12. The van der Waals surface area contributed by atoms with Gasteiger partial charge in [0.05, 0.1) is 0 Å². The molecule has 2 amide bonds. The lowest BCUT2D eigenvalue weighted by Crippen LogP contribution is -2.34. The maximum Gasteiger partial charge on any atom is 0.270 e. The largest absolute Gasteiger partial charge is 0.350 e. The molecule has 0 radical (unpaired) electrons. The summed E-state index contributed by atoms with van der Waals surface area (Å²) >= 11 is 7.23. The Balaban J connectivity index is 1.47. The van der Waals surface area contributed by atoms with Crippen molar-refractivity contribution in [1.29, 1.82) is 0 Å². The van der Waals surface area contributed by atoms with Gasteiger partial charge in [-0.25, -0.2) is 4.98 Å². The van der Waals surface area contributed by atoms with Gasteiger partial charge < -0.3 is 10.6 Å². The van der Waals surface area contributed by atoms with Crippen LogP contribution in [-0.2, 0) is 0 Å². The molecule has 0 aliphatic carbocycles. The molecule has 2 aromatic carbocycles. The van der Waals surface area contributed by atoms with Crippen LogP contribution in [0.25, 0.3) is 10.6 Å². The first-order chi connectivity index (χ1) is 13.0. The van der Waals surface area contributed by atoms with Gasteiger partial charge in [0.1, 0.15) is 10.7 Å². The molecule has 0 aliphatic rings. The summed E-state index contributed by atoms with van der Waals surface area (Å²) in [4.78, 5) is 28.6. The summed E-state index contributed by atoms with van der Waals surface area (Å²) in [7, 11) is 0. The number of rotatable bonds is 6. The van der Waals surface area contributed by atoms with E-state index < -0.39 is 0 Å². The molecule has 7 heteroatoms. The lowest BCUT2D eigenvalue weighted by atomic mass is 10.2. The van der Waals surface area contributed by atoms with Crippen LogP contribution in [0.15, 0.2) is 53.9 Å². The van der Waals surface area contributed by atoms with Crippen LogP contribution in [0.4, 0.5) is 0 Å². The minimum atomic E-state index is -0.259. The second-order valence-electron chi connectivity index (χ2n) is 5.92. The number of hydrogen-bond donors (Lipinski definition) is 2. The van der Waals surface area contributed by atoms with Gasteiger partial charge in [-0.2, -0.15) is 0 Å². The fourth-order valence-electron chi connectivity index (χ4n) is 2.35. The van der Waals surface area contributed by atoms with Crippen molar-refractivity contribution >= 4 is 34.8 Å². The van der Waals surface area contributed by atoms with E-state index in [1.807, 2.05) is 31.2 Å². The zero-order chi connectivity index (χ0) is 19.2. The van der Waals surface area contributed by atoms with Gasteiger partial charge in [0.25, 0.3) is 11.8 Å². The molecule has 1 heterocycles. The van der Waals surface area contributed by atoms with Gasteiger partial charge in [-0.15, -0.1) is 11.3 Å². The molecule has 138 valence electrons. The first kappa shape index (κ1) is 19.1. The number of aryl methyl sites for hydroxylation is 1. The van der Waals surface area contributed by atoms with Gasteiger partial charge in [-0.05, 0) is 31.2 Å². The smallest absolute Gasteiger partial charge is 0.270 e. The van der Waals surface area contributed by atoms with Gasteiger partial charge in [0.15, 0.2) is 0 Å². The van der Waals surface area contributed by atoms with E-state index in [0.29, 0.717) is 29.4 Å². The summed E-state index contributed by atoms with van der Waals surface area (Å²) in [5.41, 5.74) is 3.06. The van der Waals surface area contributed by atoms with E-state index in [2.05, 4.69) is 15.6 Å². The van der Waals surface area contributed by atoms with E-state index in [-0.39, 0.29) is 11.8 Å². The Bertz CT molecular complexity index is 937. The number of carbonyl (C=O) groups is 2. The first-order valence-corrected chi connectivity index (χ1v) is 9.63. The highest BCUT2D eigenvalue weighted by Crippen LogP contribution is 2.23. The SMILES string of the molecule is Cc1ccc(-c2nc(C(=O)NCCNC(=O)c3ccc(Cl)cc3)cs2)cc1. The van der Waals surface area contributed by atoms with Crippen molar-refractivity contribution in [2.75, 3.05) is 13.1 Å². The lowest BCUT2D eigenvalue weighted by Gasteiger charge is -2.06. The third-order valence-corrected chi connectivity index (χ3v) is 4.98. The monoisotopic (exact) mass is 399 g/mol. The van der Waals surface area contributed by atoms with E-state index in [4.69, 9.17) is 11.6 Å². The molecule has 2 N–H and O–H groups in total.